The zero-order chi connectivity index (χ0) is 12.5. The van der Waals surface area contributed by atoms with Gasteiger partial charge in [-0.3, -0.25) is 0 Å². The number of thiazole rings is 1. The zero-order valence-electron chi connectivity index (χ0n) is 10.6. The second-order valence-corrected chi connectivity index (χ2v) is 6.20. The topological polar surface area (TPSA) is 38.9 Å². The van der Waals surface area contributed by atoms with Crippen LogP contribution in [0.5, 0.6) is 0 Å². The number of nitrogens with zero attached hydrogens (tertiary/aromatic N) is 1. The molecule has 0 saturated heterocycles. The van der Waals surface area contributed by atoms with Gasteiger partial charge in [-0.05, 0) is 25.3 Å². The summed E-state index contributed by atoms with van der Waals surface area (Å²) in [5.41, 5.74) is 8.66. The number of hydrogen-bond donors (Lipinski definition) is 1. The van der Waals surface area contributed by atoms with Gasteiger partial charge in [0.25, 0.3) is 0 Å². The van der Waals surface area contributed by atoms with Crippen molar-refractivity contribution in [1.29, 1.82) is 0 Å². The molecule has 2 aromatic rings. The highest BCUT2D eigenvalue weighted by Gasteiger charge is 2.30. The maximum absolute atomic E-state index is 6.06. The molecule has 0 spiro atoms. The molecule has 18 heavy (non-hydrogen) atoms. The van der Waals surface area contributed by atoms with Gasteiger partial charge in [-0.1, -0.05) is 30.3 Å². The zero-order valence-corrected chi connectivity index (χ0v) is 11.4. The summed E-state index contributed by atoms with van der Waals surface area (Å²) >= 11 is 1.79. The van der Waals surface area contributed by atoms with Crippen LogP contribution in [0.1, 0.15) is 52.9 Å². The summed E-state index contributed by atoms with van der Waals surface area (Å²) in [5.74, 6) is 0.687. The molecule has 1 saturated carbocycles. The number of aromatic nitrogens is 1. The molecule has 2 nitrogen and oxygen atoms in total. The molecule has 2 N–H and O–H groups in total. The first-order valence-electron chi connectivity index (χ1n) is 6.53. The predicted molar refractivity (Wildman–Crippen MR) is 75.9 cm³/mol. The minimum Gasteiger partial charge on any atom is -0.323 e. The maximum Gasteiger partial charge on any atom is 0.0975 e. The largest absolute Gasteiger partial charge is 0.323 e. The van der Waals surface area contributed by atoms with Gasteiger partial charge in [0.05, 0.1) is 10.7 Å². The Bertz CT molecular complexity index is 507. The van der Waals surface area contributed by atoms with E-state index in [9.17, 15) is 0 Å². The number of rotatable bonds is 4. The highest BCUT2D eigenvalue weighted by molar-refractivity contribution is 7.11. The molecule has 1 heterocycles. The molecule has 0 bridgehead atoms. The molecule has 0 amide bonds. The average Bonchev–Trinajstić information content (AvgIpc) is 3.12. The molecular weight excluding hydrogens is 240 g/mol. The summed E-state index contributed by atoms with van der Waals surface area (Å²) in [6.45, 7) is 2.06. The normalized spacial score (nSPS) is 16.8. The molecule has 1 unspecified atom stereocenters. The quantitative estimate of drug-likeness (QED) is 0.909. The summed E-state index contributed by atoms with van der Waals surface area (Å²) in [4.78, 5) is 6.12. The molecule has 3 heteroatoms. The Morgan fingerprint density at radius 3 is 2.67 bits per heavy atom. The highest BCUT2D eigenvalue weighted by Crippen LogP contribution is 2.44. The lowest BCUT2D eigenvalue weighted by Gasteiger charge is -2.02. The Hall–Kier alpha value is -1.19. The van der Waals surface area contributed by atoms with Gasteiger partial charge < -0.3 is 5.73 Å². The Morgan fingerprint density at radius 2 is 2.06 bits per heavy atom. The van der Waals surface area contributed by atoms with Crippen LogP contribution in [0.25, 0.3) is 0 Å². The third kappa shape index (κ3) is 2.47. The minimum atomic E-state index is 0.114. The van der Waals surface area contributed by atoms with Crippen molar-refractivity contribution in [3.8, 4) is 0 Å². The van der Waals surface area contributed by atoms with Crippen molar-refractivity contribution < 1.29 is 0 Å². The Labute approximate surface area is 112 Å². The van der Waals surface area contributed by atoms with Crippen LogP contribution < -0.4 is 5.73 Å². The molecular formula is C15H18N2S. The number of benzene rings is 1. The lowest BCUT2D eigenvalue weighted by Crippen LogP contribution is -2.05. The highest BCUT2D eigenvalue weighted by atomic mass is 32.1. The van der Waals surface area contributed by atoms with E-state index in [1.165, 1.54) is 34.0 Å². The molecule has 1 fully saturated rings. The molecule has 1 aromatic carbocycles. The Kier molecular flexibility index (Phi) is 3.18. The van der Waals surface area contributed by atoms with Gasteiger partial charge in [0.2, 0.25) is 0 Å². The molecule has 1 atom stereocenters. The van der Waals surface area contributed by atoms with Crippen LogP contribution in [0.15, 0.2) is 30.3 Å². The molecule has 0 aliphatic heterocycles. The minimum absolute atomic E-state index is 0.114. The fraction of sp³-hybridized carbons (Fsp3) is 0.400. The van der Waals surface area contributed by atoms with E-state index in [4.69, 9.17) is 10.7 Å². The molecule has 94 valence electrons. The summed E-state index contributed by atoms with van der Waals surface area (Å²) in [7, 11) is 0. The van der Waals surface area contributed by atoms with E-state index in [2.05, 4.69) is 31.2 Å². The van der Waals surface area contributed by atoms with Crippen molar-refractivity contribution in [2.24, 2.45) is 5.73 Å². The van der Waals surface area contributed by atoms with Crippen molar-refractivity contribution in [1.82, 2.24) is 4.98 Å². The fourth-order valence-electron chi connectivity index (χ4n) is 2.21. The van der Waals surface area contributed by atoms with Crippen molar-refractivity contribution in [2.75, 3.05) is 0 Å². The summed E-state index contributed by atoms with van der Waals surface area (Å²) in [5, 5.41) is 1.20. The Balaban J connectivity index is 1.86. The SMILES string of the molecule is CC(N)c1sc(Cc2ccccc2)nc1C1CC1. The average molecular weight is 258 g/mol. The number of nitrogens with two attached hydrogens (primary N) is 1. The number of hydrogen-bond acceptors (Lipinski definition) is 3. The van der Waals surface area contributed by atoms with Gasteiger partial charge in [-0.15, -0.1) is 11.3 Å². The van der Waals surface area contributed by atoms with E-state index in [1.54, 1.807) is 11.3 Å². The smallest absolute Gasteiger partial charge is 0.0975 e. The Morgan fingerprint density at radius 1 is 1.33 bits per heavy atom. The van der Waals surface area contributed by atoms with Crippen molar-refractivity contribution in [3.05, 3.63) is 51.5 Å². The van der Waals surface area contributed by atoms with E-state index >= 15 is 0 Å². The van der Waals surface area contributed by atoms with Crippen LogP contribution in [0.4, 0.5) is 0 Å². The molecule has 1 aliphatic carbocycles. The summed E-state index contributed by atoms with van der Waals surface area (Å²) < 4.78 is 0. The predicted octanol–water partition coefficient (Wildman–Crippen LogP) is 3.63. The van der Waals surface area contributed by atoms with Gasteiger partial charge in [0, 0.05) is 23.3 Å². The maximum atomic E-state index is 6.06. The van der Waals surface area contributed by atoms with Crippen LogP contribution >= 0.6 is 11.3 Å². The van der Waals surface area contributed by atoms with Crippen LogP contribution in [-0.4, -0.2) is 4.98 Å². The van der Waals surface area contributed by atoms with Crippen LogP contribution in [0.3, 0.4) is 0 Å². The lowest BCUT2D eigenvalue weighted by molar-refractivity contribution is 0.810. The van der Waals surface area contributed by atoms with Crippen molar-refractivity contribution >= 4 is 11.3 Å². The fourth-order valence-corrected chi connectivity index (χ4v) is 3.35. The second kappa shape index (κ2) is 4.82. The van der Waals surface area contributed by atoms with E-state index in [0.29, 0.717) is 5.92 Å². The van der Waals surface area contributed by atoms with Crippen LogP contribution in [0.2, 0.25) is 0 Å². The van der Waals surface area contributed by atoms with Crippen molar-refractivity contribution in [3.63, 3.8) is 0 Å². The molecule has 3 rings (SSSR count). The van der Waals surface area contributed by atoms with E-state index < -0.39 is 0 Å². The standard InChI is InChI=1S/C15H18N2S/c1-10(16)15-14(12-7-8-12)17-13(18-15)9-11-5-3-2-4-6-11/h2-6,10,12H,7-9,16H2,1H3. The van der Waals surface area contributed by atoms with Gasteiger partial charge in [-0.25, -0.2) is 4.98 Å². The third-order valence-corrected chi connectivity index (χ3v) is 4.57. The molecule has 1 aliphatic rings. The van der Waals surface area contributed by atoms with Gasteiger partial charge in [0.1, 0.15) is 0 Å². The second-order valence-electron chi connectivity index (χ2n) is 5.08. The summed E-state index contributed by atoms with van der Waals surface area (Å²) in [6, 6.07) is 10.6. The van der Waals surface area contributed by atoms with Gasteiger partial charge >= 0.3 is 0 Å². The lowest BCUT2D eigenvalue weighted by atomic mass is 10.1. The first-order chi connectivity index (χ1) is 8.74. The van der Waals surface area contributed by atoms with E-state index in [-0.39, 0.29) is 6.04 Å². The van der Waals surface area contributed by atoms with Crippen LogP contribution in [-0.2, 0) is 6.42 Å². The van der Waals surface area contributed by atoms with Crippen LogP contribution in [0, 0.1) is 0 Å². The monoisotopic (exact) mass is 258 g/mol. The van der Waals surface area contributed by atoms with Gasteiger partial charge in [-0.2, -0.15) is 0 Å². The van der Waals surface area contributed by atoms with E-state index in [0.717, 1.165) is 6.42 Å². The van der Waals surface area contributed by atoms with Crippen molar-refractivity contribution in [2.45, 2.75) is 38.1 Å². The third-order valence-electron chi connectivity index (χ3n) is 3.30. The van der Waals surface area contributed by atoms with Gasteiger partial charge in [0.15, 0.2) is 0 Å². The molecule has 0 radical (unpaired) electrons. The first kappa shape index (κ1) is 11.9. The summed E-state index contributed by atoms with van der Waals surface area (Å²) in [6.07, 6.45) is 3.50. The first-order valence-corrected chi connectivity index (χ1v) is 7.34. The van der Waals surface area contributed by atoms with E-state index in [1.807, 2.05) is 6.07 Å². The molecule has 1 aromatic heterocycles.